The van der Waals surface area contributed by atoms with Crippen LogP contribution in [-0.2, 0) is 9.53 Å². The Morgan fingerprint density at radius 2 is 1.39 bits per heavy atom. The second-order valence-electron chi connectivity index (χ2n) is 6.86. The molecule has 0 unspecified atom stereocenters. The van der Waals surface area contributed by atoms with Gasteiger partial charge < -0.3 is 9.84 Å². The molecule has 0 spiro atoms. The Hall–Kier alpha value is -0.830. The van der Waals surface area contributed by atoms with Crippen molar-refractivity contribution in [3.63, 3.8) is 0 Å². The number of aliphatic hydroxyl groups is 1. The average molecular weight is 325 g/mol. The highest BCUT2D eigenvalue weighted by molar-refractivity contribution is 5.84. The molecule has 0 amide bonds. The van der Waals surface area contributed by atoms with Crippen molar-refractivity contribution in [2.75, 3.05) is 0 Å². The van der Waals surface area contributed by atoms with E-state index in [9.17, 15) is 9.90 Å². The van der Waals surface area contributed by atoms with E-state index in [1.165, 1.54) is 83.1 Å². The normalized spacial score (nSPS) is 18.3. The fourth-order valence-corrected chi connectivity index (χ4v) is 3.13. The molecule has 1 N–H and O–H groups in total. The van der Waals surface area contributed by atoms with Gasteiger partial charge in [-0.3, -0.25) is 0 Å². The SMILES string of the molecule is CCCCCCCCCCCCCCC[C@@H](O)[C@@H]1C=CC(=O)O1. The Kier molecular flexibility index (Phi) is 11.9. The molecule has 0 radical (unpaired) electrons. The van der Waals surface area contributed by atoms with Crippen LogP contribution in [0.25, 0.3) is 0 Å². The fourth-order valence-electron chi connectivity index (χ4n) is 3.13. The van der Waals surface area contributed by atoms with Crippen LogP contribution in [0.1, 0.15) is 96.8 Å². The average Bonchev–Trinajstić information content (AvgIpc) is 2.98. The number of esters is 1. The van der Waals surface area contributed by atoms with Crippen molar-refractivity contribution in [1.29, 1.82) is 0 Å². The lowest BCUT2D eigenvalue weighted by molar-refractivity contribution is -0.142. The lowest BCUT2D eigenvalue weighted by Crippen LogP contribution is -2.25. The first-order valence-electron chi connectivity index (χ1n) is 9.81. The number of rotatable bonds is 15. The van der Waals surface area contributed by atoms with Crippen molar-refractivity contribution in [2.24, 2.45) is 0 Å². The third kappa shape index (κ3) is 10.5. The number of carbonyl (C=O) groups is 1. The summed E-state index contributed by atoms with van der Waals surface area (Å²) in [4.78, 5) is 10.9. The lowest BCUT2D eigenvalue weighted by Gasteiger charge is -2.15. The highest BCUT2D eigenvalue weighted by Crippen LogP contribution is 2.16. The molecule has 0 aromatic rings. The molecule has 1 heterocycles. The van der Waals surface area contributed by atoms with Crippen LogP contribution in [0.5, 0.6) is 0 Å². The van der Waals surface area contributed by atoms with Crippen molar-refractivity contribution in [2.45, 2.75) is 109 Å². The summed E-state index contributed by atoms with van der Waals surface area (Å²) in [6, 6.07) is 0. The van der Waals surface area contributed by atoms with Crippen molar-refractivity contribution in [1.82, 2.24) is 0 Å². The Balaban J connectivity index is 1.78. The van der Waals surface area contributed by atoms with Gasteiger partial charge in [0.1, 0.15) is 6.10 Å². The number of hydrogen-bond acceptors (Lipinski definition) is 3. The molecule has 3 heteroatoms. The van der Waals surface area contributed by atoms with E-state index < -0.39 is 12.2 Å². The maximum Gasteiger partial charge on any atom is 0.331 e. The van der Waals surface area contributed by atoms with Crippen LogP contribution in [0.2, 0.25) is 0 Å². The second kappa shape index (κ2) is 13.6. The molecule has 134 valence electrons. The van der Waals surface area contributed by atoms with Gasteiger partial charge in [0.05, 0.1) is 6.10 Å². The topological polar surface area (TPSA) is 46.5 Å². The first kappa shape index (κ1) is 20.2. The van der Waals surface area contributed by atoms with E-state index in [-0.39, 0.29) is 5.97 Å². The summed E-state index contributed by atoms with van der Waals surface area (Å²) in [5.74, 6) is -0.334. The second-order valence-corrected chi connectivity index (χ2v) is 6.86. The zero-order valence-corrected chi connectivity index (χ0v) is 15.0. The maximum atomic E-state index is 10.9. The summed E-state index contributed by atoms with van der Waals surface area (Å²) in [5, 5.41) is 9.92. The molecule has 0 fully saturated rings. The Morgan fingerprint density at radius 1 is 0.913 bits per heavy atom. The summed E-state index contributed by atoms with van der Waals surface area (Å²) in [7, 11) is 0. The van der Waals surface area contributed by atoms with Gasteiger partial charge in [0, 0.05) is 6.08 Å². The van der Waals surface area contributed by atoms with Gasteiger partial charge in [0.25, 0.3) is 0 Å². The standard InChI is InChI=1S/C20H36O3/c1-2-3-4-5-6-7-8-9-10-11-12-13-14-15-18(21)19-16-17-20(22)23-19/h16-19,21H,2-15H2,1H3/t18-,19+/m1/s1. The van der Waals surface area contributed by atoms with E-state index in [4.69, 9.17) is 4.74 Å². The Morgan fingerprint density at radius 3 is 1.83 bits per heavy atom. The van der Waals surface area contributed by atoms with E-state index in [1.54, 1.807) is 6.08 Å². The van der Waals surface area contributed by atoms with E-state index >= 15 is 0 Å². The number of cyclic esters (lactones) is 1. The molecule has 3 nitrogen and oxygen atoms in total. The molecule has 0 aromatic carbocycles. The fraction of sp³-hybridized carbons (Fsp3) is 0.850. The highest BCUT2D eigenvalue weighted by Gasteiger charge is 2.23. The minimum atomic E-state index is -0.537. The van der Waals surface area contributed by atoms with Crippen LogP contribution >= 0.6 is 0 Å². The lowest BCUT2D eigenvalue weighted by atomic mass is 10.0. The maximum absolute atomic E-state index is 10.9. The number of ether oxygens (including phenoxy) is 1. The summed E-state index contributed by atoms with van der Waals surface area (Å²) >= 11 is 0. The Labute approximate surface area is 142 Å². The summed E-state index contributed by atoms with van der Waals surface area (Å²) in [6.07, 6.45) is 20.1. The predicted molar refractivity (Wildman–Crippen MR) is 95.3 cm³/mol. The van der Waals surface area contributed by atoms with E-state index in [0.717, 1.165) is 12.8 Å². The summed E-state index contributed by atoms with van der Waals surface area (Å²) in [5.41, 5.74) is 0. The molecule has 1 aliphatic heterocycles. The first-order chi connectivity index (χ1) is 11.2. The zero-order valence-electron chi connectivity index (χ0n) is 15.0. The largest absolute Gasteiger partial charge is 0.452 e. The molecular formula is C20H36O3. The predicted octanol–water partition coefficient (Wildman–Crippen LogP) is 5.31. The molecule has 2 atom stereocenters. The van der Waals surface area contributed by atoms with Crippen LogP contribution in [-0.4, -0.2) is 23.3 Å². The number of hydrogen-bond donors (Lipinski definition) is 1. The quantitative estimate of drug-likeness (QED) is 0.328. The molecule has 1 rings (SSSR count). The van der Waals surface area contributed by atoms with Gasteiger partial charge in [0.2, 0.25) is 0 Å². The third-order valence-electron chi connectivity index (χ3n) is 4.66. The zero-order chi connectivity index (χ0) is 16.8. The van der Waals surface area contributed by atoms with Gasteiger partial charge in [-0.15, -0.1) is 0 Å². The molecule has 0 bridgehead atoms. The molecule has 23 heavy (non-hydrogen) atoms. The van der Waals surface area contributed by atoms with Crippen LogP contribution < -0.4 is 0 Å². The molecule has 0 aromatic heterocycles. The smallest absolute Gasteiger partial charge is 0.331 e. The van der Waals surface area contributed by atoms with Gasteiger partial charge >= 0.3 is 5.97 Å². The minimum absolute atomic E-state index is 0.334. The number of unbranched alkanes of at least 4 members (excludes halogenated alkanes) is 12. The third-order valence-corrected chi connectivity index (χ3v) is 4.66. The first-order valence-corrected chi connectivity index (χ1v) is 9.81. The van der Waals surface area contributed by atoms with Gasteiger partial charge in [-0.2, -0.15) is 0 Å². The van der Waals surface area contributed by atoms with Crippen LogP contribution in [0, 0.1) is 0 Å². The molecule has 0 saturated heterocycles. The summed E-state index contributed by atoms with van der Waals surface area (Å²) < 4.78 is 4.99. The van der Waals surface area contributed by atoms with Crippen molar-refractivity contribution < 1.29 is 14.6 Å². The molecule has 1 aliphatic rings. The van der Waals surface area contributed by atoms with E-state index in [0.29, 0.717) is 0 Å². The Bertz CT molecular complexity index is 325. The van der Waals surface area contributed by atoms with Crippen molar-refractivity contribution in [3.8, 4) is 0 Å². The van der Waals surface area contributed by atoms with Gasteiger partial charge in [-0.25, -0.2) is 4.79 Å². The van der Waals surface area contributed by atoms with Crippen LogP contribution in [0.4, 0.5) is 0 Å². The van der Waals surface area contributed by atoms with Gasteiger partial charge in [-0.1, -0.05) is 90.4 Å². The van der Waals surface area contributed by atoms with Crippen molar-refractivity contribution >= 4 is 5.97 Å². The molecule has 0 saturated carbocycles. The summed E-state index contributed by atoms with van der Waals surface area (Å²) in [6.45, 7) is 2.27. The number of aliphatic hydroxyl groups excluding tert-OH is 1. The molecular weight excluding hydrogens is 288 g/mol. The van der Waals surface area contributed by atoms with Gasteiger partial charge in [-0.05, 0) is 12.5 Å². The van der Waals surface area contributed by atoms with Gasteiger partial charge in [0.15, 0.2) is 0 Å². The van der Waals surface area contributed by atoms with Crippen LogP contribution in [0.3, 0.4) is 0 Å². The van der Waals surface area contributed by atoms with E-state index in [1.807, 2.05) is 0 Å². The highest BCUT2D eigenvalue weighted by atomic mass is 16.6. The monoisotopic (exact) mass is 324 g/mol. The van der Waals surface area contributed by atoms with Crippen molar-refractivity contribution in [3.05, 3.63) is 12.2 Å². The van der Waals surface area contributed by atoms with Crippen LogP contribution in [0.15, 0.2) is 12.2 Å². The van der Waals surface area contributed by atoms with E-state index in [2.05, 4.69) is 6.92 Å². The minimum Gasteiger partial charge on any atom is -0.452 e. The number of carbonyl (C=O) groups excluding carboxylic acids is 1. The molecule has 0 aliphatic carbocycles.